The van der Waals surface area contributed by atoms with Crippen LogP contribution < -0.4 is 5.32 Å². The molecule has 20 heavy (non-hydrogen) atoms. The van der Waals surface area contributed by atoms with Gasteiger partial charge in [0.1, 0.15) is 5.54 Å². The van der Waals surface area contributed by atoms with Crippen LogP contribution in [-0.2, 0) is 0 Å². The highest BCUT2D eigenvalue weighted by atomic mass is 15.2. The van der Waals surface area contributed by atoms with Crippen molar-refractivity contribution in [3.05, 3.63) is 0 Å². The third-order valence-corrected chi connectivity index (χ3v) is 6.00. The third-order valence-electron chi connectivity index (χ3n) is 6.00. The first-order chi connectivity index (χ1) is 9.65. The van der Waals surface area contributed by atoms with Gasteiger partial charge < -0.3 is 0 Å². The van der Waals surface area contributed by atoms with E-state index < -0.39 is 0 Å². The van der Waals surface area contributed by atoms with E-state index in [-0.39, 0.29) is 5.54 Å². The Kier molecular flexibility index (Phi) is 3.81. The Morgan fingerprint density at radius 2 is 1.95 bits per heavy atom. The molecular weight excluding hydrogens is 246 g/mol. The van der Waals surface area contributed by atoms with Gasteiger partial charge in [-0.1, -0.05) is 13.8 Å². The molecule has 1 N–H and O–H groups in total. The Hall–Kier alpha value is -0.590. The molecule has 3 heteroatoms. The zero-order chi connectivity index (χ0) is 14.2. The minimum Gasteiger partial charge on any atom is -0.300 e. The van der Waals surface area contributed by atoms with Crippen molar-refractivity contribution in [2.75, 3.05) is 19.6 Å². The maximum absolute atomic E-state index is 9.83. The molecule has 3 fully saturated rings. The molecule has 0 spiro atoms. The Balaban J connectivity index is 1.66. The number of rotatable bonds is 7. The molecule has 2 aliphatic carbocycles. The molecule has 1 saturated heterocycles. The molecule has 112 valence electrons. The van der Waals surface area contributed by atoms with Crippen LogP contribution in [0.25, 0.3) is 0 Å². The van der Waals surface area contributed by atoms with E-state index in [9.17, 15) is 5.26 Å². The second-order valence-corrected chi connectivity index (χ2v) is 7.44. The topological polar surface area (TPSA) is 39.1 Å². The summed E-state index contributed by atoms with van der Waals surface area (Å²) in [4.78, 5) is 2.57. The molecule has 3 nitrogen and oxygen atoms in total. The predicted octanol–water partition coefficient (Wildman–Crippen LogP) is 2.92. The highest BCUT2D eigenvalue weighted by Gasteiger charge is 2.50. The fourth-order valence-electron chi connectivity index (χ4n) is 3.96. The monoisotopic (exact) mass is 275 g/mol. The molecule has 0 aromatic heterocycles. The summed E-state index contributed by atoms with van der Waals surface area (Å²) in [5.74, 6) is 0.603. The van der Waals surface area contributed by atoms with E-state index in [4.69, 9.17) is 0 Å². The fraction of sp³-hybridized carbons (Fsp3) is 0.941. The van der Waals surface area contributed by atoms with Crippen molar-refractivity contribution >= 4 is 0 Å². The van der Waals surface area contributed by atoms with Crippen LogP contribution in [0.2, 0.25) is 0 Å². The number of nitrogens with zero attached hydrogens (tertiary/aromatic N) is 2. The summed E-state index contributed by atoms with van der Waals surface area (Å²) >= 11 is 0. The van der Waals surface area contributed by atoms with Crippen molar-refractivity contribution in [2.45, 2.75) is 70.4 Å². The first-order valence-electron chi connectivity index (χ1n) is 8.56. The SMILES string of the molecule is CCC1(CC)CCN(CC(C#N)(NC2CC2)C2CC2)C1. The first kappa shape index (κ1) is 14.4. The lowest BCUT2D eigenvalue weighted by molar-refractivity contribution is 0.192. The van der Waals surface area contributed by atoms with Crippen molar-refractivity contribution in [1.82, 2.24) is 10.2 Å². The second-order valence-electron chi connectivity index (χ2n) is 7.44. The molecule has 1 heterocycles. The van der Waals surface area contributed by atoms with Crippen molar-refractivity contribution in [2.24, 2.45) is 11.3 Å². The van der Waals surface area contributed by atoms with Crippen LogP contribution in [0.1, 0.15) is 58.8 Å². The van der Waals surface area contributed by atoms with Crippen LogP contribution in [0.4, 0.5) is 0 Å². The first-order valence-corrected chi connectivity index (χ1v) is 8.56. The molecule has 0 radical (unpaired) electrons. The third kappa shape index (κ3) is 2.73. The van der Waals surface area contributed by atoms with Gasteiger partial charge in [0.25, 0.3) is 0 Å². The van der Waals surface area contributed by atoms with Gasteiger partial charge in [0.05, 0.1) is 6.07 Å². The zero-order valence-electron chi connectivity index (χ0n) is 13.1. The largest absolute Gasteiger partial charge is 0.300 e. The van der Waals surface area contributed by atoms with Gasteiger partial charge in [-0.05, 0) is 62.8 Å². The summed E-state index contributed by atoms with van der Waals surface area (Å²) in [6.45, 7) is 7.99. The second kappa shape index (κ2) is 5.31. The van der Waals surface area contributed by atoms with Crippen molar-refractivity contribution in [3.63, 3.8) is 0 Å². The molecule has 1 unspecified atom stereocenters. The molecule has 2 saturated carbocycles. The van der Waals surface area contributed by atoms with Gasteiger partial charge in [0.2, 0.25) is 0 Å². The smallest absolute Gasteiger partial charge is 0.122 e. The molecule has 0 aromatic rings. The quantitative estimate of drug-likeness (QED) is 0.776. The number of nitrogens with one attached hydrogen (secondary N) is 1. The van der Waals surface area contributed by atoms with E-state index in [1.807, 2.05) is 0 Å². The summed E-state index contributed by atoms with van der Waals surface area (Å²) in [5.41, 5.74) is 0.267. The van der Waals surface area contributed by atoms with Crippen LogP contribution in [0, 0.1) is 22.7 Å². The number of likely N-dealkylation sites (tertiary alicyclic amines) is 1. The summed E-state index contributed by atoms with van der Waals surface area (Å²) in [7, 11) is 0. The lowest BCUT2D eigenvalue weighted by atomic mass is 9.82. The van der Waals surface area contributed by atoms with Gasteiger partial charge in [0.15, 0.2) is 0 Å². The summed E-state index contributed by atoms with van der Waals surface area (Å²) in [5, 5.41) is 13.5. The normalized spacial score (nSPS) is 29.1. The molecule has 0 bridgehead atoms. The van der Waals surface area contributed by atoms with Crippen molar-refractivity contribution < 1.29 is 0 Å². The Morgan fingerprint density at radius 1 is 1.25 bits per heavy atom. The number of hydrogen-bond acceptors (Lipinski definition) is 3. The molecular formula is C17H29N3. The van der Waals surface area contributed by atoms with Gasteiger partial charge in [-0.15, -0.1) is 0 Å². The summed E-state index contributed by atoms with van der Waals surface area (Å²) < 4.78 is 0. The maximum atomic E-state index is 9.83. The van der Waals surface area contributed by atoms with Crippen LogP contribution >= 0.6 is 0 Å². The van der Waals surface area contributed by atoms with E-state index in [0.717, 1.165) is 6.54 Å². The Morgan fingerprint density at radius 3 is 2.40 bits per heavy atom. The van der Waals surface area contributed by atoms with E-state index in [1.54, 1.807) is 0 Å². The van der Waals surface area contributed by atoms with E-state index >= 15 is 0 Å². The average molecular weight is 275 g/mol. The minimum atomic E-state index is -0.251. The molecule has 1 aliphatic heterocycles. The predicted molar refractivity (Wildman–Crippen MR) is 81.3 cm³/mol. The minimum absolute atomic E-state index is 0.251. The highest BCUT2D eigenvalue weighted by molar-refractivity contribution is 5.19. The van der Waals surface area contributed by atoms with E-state index in [2.05, 4.69) is 30.1 Å². The summed E-state index contributed by atoms with van der Waals surface area (Å²) in [6, 6.07) is 3.31. The van der Waals surface area contributed by atoms with Crippen LogP contribution in [0.5, 0.6) is 0 Å². The summed E-state index contributed by atoms with van der Waals surface area (Å²) in [6.07, 6.45) is 8.89. The van der Waals surface area contributed by atoms with Crippen LogP contribution in [-0.4, -0.2) is 36.1 Å². The van der Waals surface area contributed by atoms with Gasteiger partial charge in [-0.3, -0.25) is 10.2 Å². The lowest BCUT2D eigenvalue weighted by Gasteiger charge is -2.34. The van der Waals surface area contributed by atoms with Gasteiger partial charge in [-0.2, -0.15) is 5.26 Å². The zero-order valence-corrected chi connectivity index (χ0v) is 13.1. The number of hydrogen-bond donors (Lipinski definition) is 1. The molecule has 3 aliphatic rings. The molecule has 1 atom stereocenters. The Bertz CT molecular complexity index is 388. The molecule has 0 amide bonds. The fourth-order valence-corrected chi connectivity index (χ4v) is 3.96. The lowest BCUT2D eigenvalue weighted by Crippen LogP contribution is -2.55. The Labute approximate surface area is 123 Å². The van der Waals surface area contributed by atoms with Gasteiger partial charge in [0, 0.05) is 19.1 Å². The van der Waals surface area contributed by atoms with Crippen LogP contribution in [0.15, 0.2) is 0 Å². The van der Waals surface area contributed by atoms with E-state index in [1.165, 1.54) is 58.0 Å². The highest BCUT2D eigenvalue weighted by Crippen LogP contribution is 2.44. The molecule has 0 aromatic carbocycles. The average Bonchev–Trinajstić information content (AvgIpc) is 3.37. The van der Waals surface area contributed by atoms with Gasteiger partial charge >= 0.3 is 0 Å². The number of nitriles is 1. The van der Waals surface area contributed by atoms with E-state index in [0.29, 0.717) is 17.4 Å². The standard InChI is InChI=1S/C17H29N3/c1-3-16(4-2)9-10-20(12-16)13-17(11-18,14-5-6-14)19-15-7-8-15/h14-15,19H,3-10,12-13H2,1-2H3. The van der Waals surface area contributed by atoms with Gasteiger partial charge in [-0.25, -0.2) is 0 Å². The van der Waals surface area contributed by atoms with Crippen molar-refractivity contribution in [1.29, 1.82) is 5.26 Å². The maximum Gasteiger partial charge on any atom is 0.122 e. The molecule has 3 rings (SSSR count). The van der Waals surface area contributed by atoms with Crippen LogP contribution in [0.3, 0.4) is 0 Å². The van der Waals surface area contributed by atoms with Crippen molar-refractivity contribution in [3.8, 4) is 6.07 Å².